The molecule has 0 atom stereocenters. The predicted molar refractivity (Wildman–Crippen MR) is 39.4 cm³/mol. The summed E-state index contributed by atoms with van der Waals surface area (Å²) < 4.78 is 0. The molecule has 0 rings (SSSR count). The number of rotatable bonds is 3. The van der Waals surface area contributed by atoms with Crippen LogP contribution < -0.4 is 0 Å². The molecule has 0 saturated carbocycles. The molecule has 2 N–H and O–H groups in total. The zero-order valence-electron chi connectivity index (χ0n) is 6.43. The minimum Gasteiger partial charge on any atom is -0.397 e. The van der Waals surface area contributed by atoms with Crippen LogP contribution >= 0.6 is 0 Å². The summed E-state index contributed by atoms with van der Waals surface area (Å²) in [6.45, 7) is 4.41. The van der Waals surface area contributed by atoms with Gasteiger partial charge in [-0.25, -0.2) is 0 Å². The Balaban J connectivity index is 0. The van der Waals surface area contributed by atoms with Crippen LogP contribution in [0.25, 0.3) is 0 Å². The Labute approximate surface area is 57.5 Å². The van der Waals surface area contributed by atoms with Crippen molar-refractivity contribution < 1.29 is 10.2 Å². The largest absolute Gasteiger partial charge is 0.397 e. The third-order valence-corrected chi connectivity index (χ3v) is 0.762. The molecule has 0 heterocycles. The Bertz CT molecular complexity index is 26.1. The van der Waals surface area contributed by atoms with E-state index < -0.39 is 0 Å². The maximum Gasteiger partial charge on any atom is 0.0431 e. The van der Waals surface area contributed by atoms with Gasteiger partial charge >= 0.3 is 0 Å². The van der Waals surface area contributed by atoms with Crippen molar-refractivity contribution in [1.82, 2.24) is 0 Å². The molecule has 0 aromatic heterocycles. The molecule has 0 aromatic carbocycles. The summed E-state index contributed by atoms with van der Waals surface area (Å²) in [5.41, 5.74) is 0. The van der Waals surface area contributed by atoms with Crippen molar-refractivity contribution in [3.8, 4) is 0 Å². The van der Waals surface area contributed by atoms with E-state index in [0.717, 1.165) is 12.8 Å². The van der Waals surface area contributed by atoms with Gasteiger partial charge in [0.1, 0.15) is 0 Å². The van der Waals surface area contributed by atoms with Crippen LogP contribution in [0.2, 0.25) is 0 Å². The summed E-state index contributed by atoms with van der Waals surface area (Å²) >= 11 is 0. The van der Waals surface area contributed by atoms with Crippen LogP contribution in [0.5, 0.6) is 0 Å². The molecule has 0 spiro atoms. The van der Waals surface area contributed by atoms with Gasteiger partial charge in [0, 0.05) is 13.2 Å². The Kier molecular flexibility index (Phi) is 20.3. The minimum atomic E-state index is 0.250. The first kappa shape index (κ1) is 11.7. The van der Waals surface area contributed by atoms with Gasteiger partial charge in [0.25, 0.3) is 0 Å². The van der Waals surface area contributed by atoms with Crippen LogP contribution in [0.1, 0.15) is 33.1 Å². The second-order valence-corrected chi connectivity index (χ2v) is 1.75. The van der Waals surface area contributed by atoms with Crippen LogP contribution in [-0.2, 0) is 0 Å². The number of hydrogen-bond donors (Lipinski definition) is 2. The van der Waals surface area contributed by atoms with Crippen LogP contribution in [0.3, 0.4) is 0 Å². The van der Waals surface area contributed by atoms with E-state index in [2.05, 4.69) is 6.92 Å². The molecule has 0 bridgehead atoms. The quantitative estimate of drug-likeness (QED) is 0.569. The molecule has 58 valence electrons. The second-order valence-electron chi connectivity index (χ2n) is 1.75. The Morgan fingerprint density at radius 1 is 1.00 bits per heavy atom. The van der Waals surface area contributed by atoms with Gasteiger partial charge in [0.15, 0.2) is 0 Å². The highest BCUT2D eigenvalue weighted by atomic mass is 16.3. The summed E-state index contributed by atoms with van der Waals surface area (Å²) in [5.74, 6) is 0. The van der Waals surface area contributed by atoms with Crippen LogP contribution in [0.15, 0.2) is 0 Å². The van der Waals surface area contributed by atoms with E-state index in [0.29, 0.717) is 6.61 Å². The smallest absolute Gasteiger partial charge is 0.0431 e. The Hall–Kier alpha value is -0.0800. The third kappa shape index (κ3) is 32.6. The molecule has 0 aliphatic heterocycles. The molecule has 9 heavy (non-hydrogen) atoms. The molecule has 2 nitrogen and oxygen atoms in total. The Morgan fingerprint density at radius 3 is 1.56 bits per heavy atom. The third-order valence-electron chi connectivity index (χ3n) is 0.762. The highest BCUT2D eigenvalue weighted by Crippen LogP contribution is 1.89. The van der Waals surface area contributed by atoms with Gasteiger partial charge in [0.2, 0.25) is 0 Å². The van der Waals surface area contributed by atoms with E-state index in [9.17, 15) is 0 Å². The molecule has 2 heteroatoms. The summed E-state index contributed by atoms with van der Waals surface area (Å²) in [5, 5.41) is 15.8. The van der Waals surface area contributed by atoms with E-state index in [1.165, 1.54) is 6.42 Å². The normalized spacial score (nSPS) is 8.00. The zero-order chi connectivity index (χ0) is 7.54. The monoisotopic (exact) mass is 134 g/mol. The van der Waals surface area contributed by atoms with Crippen molar-refractivity contribution in [3.63, 3.8) is 0 Å². The van der Waals surface area contributed by atoms with Crippen molar-refractivity contribution in [3.05, 3.63) is 0 Å². The summed E-state index contributed by atoms with van der Waals surface area (Å²) in [4.78, 5) is 0. The average Bonchev–Trinajstić information content (AvgIpc) is 1.86. The highest BCUT2D eigenvalue weighted by molar-refractivity contribution is 4.30. The number of aliphatic hydroxyl groups excluding tert-OH is 2. The molecule has 0 aromatic rings. The number of unbranched alkanes of at least 4 members (excludes halogenated alkanes) is 2. The second kappa shape index (κ2) is 15.7. The molecular weight excluding hydrogens is 116 g/mol. The van der Waals surface area contributed by atoms with Gasteiger partial charge in [-0.15, -0.1) is 0 Å². The summed E-state index contributed by atoms with van der Waals surface area (Å²) in [7, 11) is 0. The average molecular weight is 134 g/mol. The number of hydrogen-bond acceptors (Lipinski definition) is 2. The SMILES string of the molecule is CCCCCO.CCO. The predicted octanol–water partition coefficient (Wildman–Crippen LogP) is 1.17. The first-order chi connectivity index (χ1) is 4.33. The highest BCUT2D eigenvalue weighted by Gasteiger charge is 1.76. The molecule has 0 fully saturated rings. The first-order valence-electron chi connectivity index (χ1n) is 3.55. The molecule has 0 saturated heterocycles. The van der Waals surface area contributed by atoms with Crippen molar-refractivity contribution in [2.75, 3.05) is 13.2 Å². The maximum atomic E-state index is 8.20. The van der Waals surface area contributed by atoms with E-state index in [4.69, 9.17) is 10.2 Å². The standard InChI is InChI=1S/C5H12O.C2H6O/c1-2-3-4-5-6;1-2-3/h6H,2-5H2,1H3;3H,2H2,1H3. The lowest BCUT2D eigenvalue weighted by atomic mass is 10.3. The van der Waals surface area contributed by atoms with E-state index in [1.54, 1.807) is 6.92 Å². The molecular formula is C7H18O2. The van der Waals surface area contributed by atoms with Gasteiger partial charge in [-0.2, -0.15) is 0 Å². The van der Waals surface area contributed by atoms with Gasteiger partial charge in [0.05, 0.1) is 0 Å². The lowest BCUT2D eigenvalue weighted by molar-refractivity contribution is 0.284. The molecule has 0 radical (unpaired) electrons. The lowest BCUT2D eigenvalue weighted by Gasteiger charge is -1.85. The van der Waals surface area contributed by atoms with Gasteiger partial charge < -0.3 is 10.2 Å². The van der Waals surface area contributed by atoms with Crippen molar-refractivity contribution in [2.24, 2.45) is 0 Å². The Morgan fingerprint density at radius 2 is 1.44 bits per heavy atom. The molecule has 0 unspecified atom stereocenters. The van der Waals surface area contributed by atoms with Gasteiger partial charge in [-0.05, 0) is 13.3 Å². The lowest BCUT2D eigenvalue weighted by Crippen LogP contribution is -1.78. The first-order valence-corrected chi connectivity index (χ1v) is 3.55. The molecule has 0 aliphatic carbocycles. The summed E-state index contributed by atoms with van der Waals surface area (Å²) in [6.07, 6.45) is 3.33. The fourth-order valence-corrected chi connectivity index (χ4v) is 0.362. The van der Waals surface area contributed by atoms with E-state index >= 15 is 0 Å². The van der Waals surface area contributed by atoms with Crippen molar-refractivity contribution >= 4 is 0 Å². The topological polar surface area (TPSA) is 40.5 Å². The summed E-state index contributed by atoms with van der Waals surface area (Å²) in [6, 6.07) is 0. The molecule has 0 amide bonds. The van der Waals surface area contributed by atoms with Gasteiger partial charge in [-0.3, -0.25) is 0 Å². The zero-order valence-corrected chi connectivity index (χ0v) is 6.43. The number of aliphatic hydroxyl groups is 2. The van der Waals surface area contributed by atoms with E-state index in [-0.39, 0.29) is 6.61 Å². The molecule has 0 aliphatic rings. The minimum absolute atomic E-state index is 0.250. The fraction of sp³-hybridized carbons (Fsp3) is 1.00. The van der Waals surface area contributed by atoms with Crippen LogP contribution in [0.4, 0.5) is 0 Å². The maximum absolute atomic E-state index is 8.20. The van der Waals surface area contributed by atoms with Gasteiger partial charge in [-0.1, -0.05) is 19.8 Å². The van der Waals surface area contributed by atoms with Crippen molar-refractivity contribution in [1.29, 1.82) is 0 Å². The fourth-order valence-electron chi connectivity index (χ4n) is 0.362. The van der Waals surface area contributed by atoms with Crippen molar-refractivity contribution in [2.45, 2.75) is 33.1 Å². The van der Waals surface area contributed by atoms with E-state index in [1.807, 2.05) is 0 Å². The van der Waals surface area contributed by atoms with Crippen LogP contribution in [-0.4, -0.2) is 23.4 Å². The van der Waals surface area contributed by atoms with Crippen LogP contribution in [0, 0.1) is 0 Å².